The number of likely N-dealkylation sites (tertiary alicyclic amines) is 1. The summed E-state index contributed by atoms with van der Waals surface area (Å²) in [6.45, 7) is 4.09. The fourth-order valence-electron chi connectivity index (χ4n) is 3.06. The zero-order valence-corrected chi connectivity index (χ0v) is 14.6. The third-order valence-electron chi connectivity index (χ3n) is 4.58. The number of aliphatic imine (C=N–C) groups is 1. The van der Waals surface area contributed by atoms with Gasteiger partial charge >= 0.3 is 0 Å². The second-order valence-corrected chi connectivity index (χ2v) is 6.49. The zero-order chi connectivity index (χ0) is 16.7. The highest BCUT2D eigenvalue weighted by atomic mass is 19.1. The Bertz CT molecular complexity index is 492. The Hall–Kier alpha value is -1.62. The SMILES string of the molecule is CN=C(NCCC1CCN(C)CC1)N(C)Cc1ccc(F)cc1. The minimum atomic E-state index is -0.197. The molecule has 0 atom stereocenters. The molecule has 0 spiro atoms. The first-order valence-corrected chi connectivity index (χ1v) is 8.43. The fraction of sp³-hybridized carbons (Fsp3) is 0.611. The third kappa shape index (κ3) is 5.82. The molecule has 1 aromatic carbocycles. The first-order chi connectivity index (χ1) is 11.1. The maximum atomic E-state index is 13.0. The van der Waals surface area contributed by atoms with Crippen molar-refractivity contribution in [2.45, 2.75) is 25.8 Å². The molecule has 0 aliphatic carbocycles. The summed E-state index contributed by atoms with van der Waals surface area (Å²) in [7, 11) is 6.01. The number of hydrogen-bond acceptors (Lipinski definition) is 2. The second kappa shape index (κ2) is 8.87. The lowest BCUT2D eigenvalue weighted by Gasteiger charge is -2.29. The Morgan fingerprint density at radius 3 is 2.57 bits per heavy atom. The van der Waals surface area contributed by atoms with Crippen molar-refractivity contribution in [1.82, 2.24) is 15.1 Å². The quantitative estimate of drug-likeness (QED) is 0.668. The highest BCUT2D eigenvalue weighted by Gasteiger charge is 2.16. The van der Waals surface area contributed by atoms with Gasteiger partial charge in [0.2, 0.25) is 0 Å². The number of piperidine rings is 1. The van der Waals surface area contributed by atoms with E-state index < -0.39 is 0 Å². The molecule has 1 saturated heterocycles. The average molecular weight is 320 g/mol. The summed E-state index contributed by atoms with van der Waals surface area (Å²) < 4.78 is 13.0. The standard InChI is InChI=1S/C18H29FN4/c1-20-18(21-11-8-15-9-12-22(2)13-10-15)23(3)14-16-4-6-17(19)7-5-16/h4-7,15H,8-14H2,1-3H3,(H,20,21). The third-order valence-corrected chi connectivity index (χ3v) is 4.58. The number of nitrogens with zero attached hydrogens (tertiary/aromatic N) is 3. The molecule has 0 aromatic heterocycles. The van der Waals surface area contributed by atoms with Gasteiger partial charge in [0.1, 0.15) is 5.82 Å². The van der Waals surface area contributed by atoms with Crippen molar-refractivity contribution in [3.63, 3.8) is 0 Å². The minimum Gasteiger partial charge on any atom is -0.356 e. The van der Waals surface area contributed by atoms with Crippen molar-refractivity contribution < 1.29 is 4.39 Å². The summed E-state index contributed by atoms with van der Waals surface area (Å²) in [6.07, 6.45) is 3.78. The summed E-state index contributed by atoms with van der Waals surface area (Å²) in [4.78, 5) is 8.82. The highest BCUT2D eigenvalue weighted by molar-refractivity contribution is 5.79. The Kier molecular flexibility index (Phi) is 6.84. The van der Waals surface area contributed by atoms with Gasteiger partial charge in [0.05, 0.1) is 0 Å². The molecule has 1 aliphatic rings. The van der Waals surface area contributed by atoms with E-state index in [9.17, 15) is 4.39 Å². The van der Waals surface area contributed by atoms with Crippen LogP contribution < -0.4 is 5.32 Å². The Labute approximate surface area is 139 Å². The molecule has 1 aromatic rings. The van der Waals surface area contributed by atoms with E-state index in [1.165, 1.54) is 44.5 Å². The molecule has 1 N–H and O–H groups in total. The van der Waals surface area contributed by atoms with Crippen LogP contribution >= 0.6 is 0 Å². The first kappa shape index (κ1) is 17.7. The molecule has 2 rings (SSSR count). The molecule has 0 bridgehead atoms. The van der Waals surface area contributed by atoms with E-state index in [4.69, 9.17) is 0 Å². The van der Waals surface area contributed by atoms with Gasteiger partial charge in [-0.1, -0.05) is 12.1 Å². The predicted molar refractivity (Wildman–Crippen MR) is 94.1 cm³/mol. The number of rotatable bonds is 5. The minimum absolute atomic E-state index is 0.197. The van der Waals surface area contributed by atoms with Crippen LogP contribution in [0.25, 0.3) is 0 Å². The van der Waals surface area contributed by atoms with Crippen molar-refractivity contribution >= 4 is 5.96 Å². The summed E-state index contributed by atoms with van der Waals surface area (Å²) in [6, 6.07) is 6.63. The van der Waals surface area contributed by atoms with E-state index in [0.29, 0.717) is 6.54 Å². The number of guanidine groups is 1. The number of hydrogen-bond donors (Lipinski definition) is 1. The summed E-state index contributed by atoms with van der Waals surface area (Å²) in [5, 5.41) is 3.45. The van der Waals surface area contributed by atoms with Crippen LogP contribution in [-0.2, 0) is 6.54 Å². The van der Waals surface area contributed by atoms with E-state index >= 15 is 0 Å². The first-order valence-electron chi connectivity index (χ1n) is 8.43. The van der Waals surface area contributed by atoms with Crippen molar-refractivity contribution in [3.05, 3.63) is 35.6 Å². The van der Waals surface area contributed by atoms with Crippen LogP contribution in [-0.4, -0.2) is 56.5 Å². The molecule has 0 amide bonds. The molecule has 0 saturated carbocycles. The van der Waals surface area contributed by atoms with Crippen molar-refractivity contribution in [2.75, 3.05) is 40.8 Å². The molecule has 1 heterocycles. The number of halogens is 1. The van der Waals surface area contributed by atoms with E-state index in [1.807, 2.05) is 19.2 Å². The molecule has 128 valence electrons. The van der Waals surface area contributed by atoms with Gasteiger partial charge in [-0.2, -0.15) is 0 Å². The summed E-state index contributed by atoms with van der Waals surface area (Å²) in [5.41, 5.74) is 1.08. The zero-order valence-electron chi connectivity index (χ0n) is 14.6. The topological polar surface area (TPSA) is 30.9 Å². The average Bonchev–Trinajstić information content (AvgIpc) is 2.55. The van der Waals surface area contributed by atoms with Gasteiger partial charge in [-0.3, -0.25) is 4.99 Å². The van der Waals surface area contributed by atoms with Crippen LogP contribution in [0.5, 0.6) is 0 Å². The molecule has 5 heteroatoms. The van der Waals surface area contributed by atoms with E-state index in [-0.39, 0.29) is 5.82 Å². The summed E-state index contributed by atoms with van der Waals surface area (Å²) >= 11 is 0. The molecule has 1 fully saturated rings. The Balaban J connectivity index is 1.74. The fourth-order valence-corrected chi connectivity index (χ4v) is 3.06. The Morgan fingerprint density at radius 2 is 1.96 bits per heavy atom. The monoisotopic (exact) mass is 320 g/mol. The van der Waals surface area contributed by atoms with E-state index in [0.717, 1.165) is 24.0 Å². The van der Waals surface area contributed by atoms with Crippen LogP contribution in [0.4, 0.5) is 4.39 Å². The van der Waals surface area contributed by atoms with Gasteiger partial charge in [-0.15, -0.1) is 0 Å². The molecular formula is C18H29FN4. The van der Waals surface area contributed by atoms with Crippen molar-refractivity contribution in [2.24, 2.45) is 10.9 Å². The van der Waals surface area contributed by atoms with Crippen molar-refractivity contribution in [3.8, 4) is 0 Å². The molecule has 0 radical (unpaired) electrons. The smallest absolute Gasteiger partial charge is 0.193 e. The van der Waals surface area contributed by atoms with E-state index in [1.54, 1.807) is 7.05 Å². The second-order valence-electron chi connectivity index (χ2n) is 6.49. The van der Waals surface area contributed by atoms with Crippen LogP contribution in [0.15, 0.2) is 29.3 Å². The van der Waals surface area contributed by atoms with Crippen molar-refractivity contribution in [1.29, 1.82) is 0 Å². The normalized spacial score (nSPS) is 17.3. The van der Waals surface area contributed by atoms with Crippen LogP contribution in [0, 0.1) is 11.7 Å². The Morgan fingerprint density at radius 1 is 1.30 bits per heavy atom. The molecule has 23 heavy (non-hydrogen) atoms. The lowest BCUT2D eigenvalue weighted by Crippen LogP contribution is -2.40. The predicted octanol–water partition coefficient (Wildman–Crippen LogP) is 2.56. The van der Waals surface area contributed by atoms with Crippen LogP contribution in [0.3, 0.4) is 0 Å². The molecule has 1 aliphatic heterocycles. The maximum Gasteiger partial charge on any atom is 0.193 e. The number of benzene rings is 1. The maximum absolute atomic E-state index is 13.0. The van der Waals surface area contributed by atoms with Gasteiger partial charge < -0.3 is 15.1 Å². The molecule has 0 unspecified atom stereocenters. The van der Waals surface area contributed by atoms with Gasteiger partial charge in [0.15, 0.2) is 5.96 Å². The summed E-state index contributed by atoms with van der Waals surface area (Å²) in [5.74, 6) is 1.51. The van der Waals surface area contributed by atoms with Gasteiger partial charge in [-0.25, -0.2) is 4.39 Å². The molecule has 4 nitrogen and oxygen atoms in total. The highest BCUT2D eigenvalue weighted by Crippen LogP contribution is 2.18. The van der Waals surface area contributed by atoms with E-state index in [2.05, 4.69) is 27.2 Å². The lowest BCUT2D eigenvalue weighted by atomic mass is 9.94. The molecular weight excluding hydrogens is 291 g/mol. The van der Waals surface area contributed by atoms with Gasteiger partial charge in [-0.05, 0) is 63.0 Å². The van der Waals surface area contributed by atoms with Crippen LogP contribution in [0.1, 0.15) is 24.8 Å². The number of nitrogens with one attached hydrogen (secondary N) is 1. The van der Waals surface area contributed by atoms with Gasteiger partial charge in [0, 0.05) is 27.2 Å². The van der Waals surface area contributed by atoms with Crippen LogP contribution in [0.2, 0.25) is 0 Å². The largest absolute Gasteiger partial charge is 0.356 e. The van der Waals surface area contributed by atoms with Gasteiger partial charge in [0.25, 0.3) is 0 Å². The lowest BCUT2D eigenvalue weighted by molar-refractivity contribution is 0.212.